The third-order valence-electron chi connectivity index (χ3n) is 6.17. The molecule has 2 nitrogen and oxygen atoms in total. The molecule has 1 atom stereocenters. The number of nitrogens with zero attached hydrogens (tertiary/aromatic N) is 2. The Morgan fingerprint density at radius 2 is 1.83 bits per heavy atom. The van der Waals surface area contributed by atoms with Crippen molar-refractivity contribution < 1.29 is 13.2 Å². The smallest absolute Gasteiger partial charge is 0.168 e. The van der Waals surface area contributed by atoms with E-state index in [1.165, 1.54) is 30.0 Å². The maximum absolute atomic E-state index is 14.4. The van der Waals surface area contributed by atoms with Crippen LogP contribution < -0.4 is 0 Å². The summed E-state index contributed by atoms with van der Waals surface area (Å²) in [4.78, 5) is 4.64. The second-order valence-corrected chi connectivity index (χ2v) is 10.7. The van der Waals surface area contributed by atoms with E-state index in [0.29, 0.717) is 38.8 Å². The highest BCUT2D eigenvalue weighted by atomic mass is 35.5. The fraction of sp³-hybridized carbons (Fsp3) is 0.269. The molecule has 0 radical (unpaired) electrons. The Hall–Kier alpha value is -1.86. The van der Waals surface area contributed by atoms with Crippen molar-refractivity contribution in [3.05, 3.63) is 104 Å². The van der Waals surface area contributed by atoms with Gasteiger partial charge in [-0.05, 0) is 67.7 Å². The summed E-state index contributed by atoms with van der Waals surface area (Å²) >= 11 is 20.1. The lowest BCUT2D eigenvalue weighted by atomic mass is 9.75. The van der Waals surface area contributed by atoms with Crippen LogP contribution >= 0.6 is 46.6 Å². The SMILES string of the molecule is CC1(c2ccc(Cl)c(Cl)c2)CCCC(F)=CC(F)=CCn2c1cnc2SCc1ccc(F)cc1Cl. The van der Waals surface area contributed by atoms with Gasteiger partial charge in [0.2, 0.25) is 0 Å². The second kappa shape index (κ2) is 11.0. The molecular weight excluding hydrogens is 536 g/mol. The van der Waals surface area contributed by atoms with Gasteiger partial charge in [-0.3, -0.25) is 0 Å². The molecule has 0 saturated carbocycles. The number of thioether (sulfide) groups is 1. The molecule has 2 heterocycles. The van der Waals surface area contributed by atoms with Crippen LogP contribution in [0.15, 0.2) is 71.6 Å². The number of rotatable bonds is 4. The molecule has 1 aliphatic heterocycles. The molecule has 0 fully saturated rings. The van der Waals surface area contributed by atoms with Crippen molar-refractivity contribution in [2.75, 3.05) is 0 Å². The van der Waals surface area contributed by atoms with Crippen molar-refractivity contribution in [3.8, 4) is 0 Å². The summed E-state index contributed by atoms with van der Waals surface area (Å²) in [7, 11) is 0. The Bertz CT molecular complexity index is 1300. The summed E-state index contributed by atoms with van der Waals surface area (Å²) < 4.78 is 44.1. The molecule has 2 aromatic carbocycles. The molecule has 4 rings (SSSR count). The lowest BCUT2D eigenvalue weighted by Crippen LogP contribution is -2.27. The van der Waals surface area contributed by atoms with Gasteiger partial charge in [-0.2, -0.15) is 0 Å². The number of aromatic nitrogens is 2. The first-order valence-corrected chi connectivity index (χ1v) is 13.1. The number of fused-ring (bicyclic) bond motifs is 1. The van der Waals surface area contributed by atoms with E-state index in [1.54, 1.807) is 18.3 Å². The average Bonchev–Trinajstić information content (AvgIpc) is 3.21. The lowest BCUT2D eigenvalue weighted by Gasteiger charge is -2.32. The zero-order valence-corrected chi connectivity index (χ0v) is 21.9. The molecule has 0 amide bonds. The van der Waals surface area contributed by atoms with Crippen LogP contribution in [0, 0.1) is 5.82 Å². The van der Waals surface area contributed by atoms with E-state index in [4.69, 9.17) is 34.8 Å². The van der Waals surface area contributed by atoms with E-state index in [-0.39, 0.29) is 13.0 Å². The Labute approximate surface area is 221 Å². The van der Waals surface area contributed by atoms with E-state index in [2.05, 4.69) is 4.98 Å². The molecule has 35 heavy (non-hydrogen) atoms. The summed E-state index contributed by atoms with van der Waals surface area (Å²) in [6.45, 7) is 2.20. The van der Waals surface area contributed by atoms with Crippen molar-refractivity contribution in [1.29, 1.82) is 0 Å². The summed E-state index contributed by atoms with van der Waals surface area (Å²) in [5, 5.41) is 1.83. The molecule has 0 spiro atoms. The average molecular weight is 558 g/mol. The van der Waals surface area contributed by atoms with E-state index < -0.39 is 22.9 Å². The van der Waals surface area contributed by atoms with Crippen molar-refractivity contribution in [2.24, 2.45) is 0 Å². The maximum Gasteiger partial charge on any atom is 0.168 e. The van der Waals surface area contributed by atoms with Gasteiger partial charge in [0.1, 0.15) is 17.5 Å². The number of hydrogen-bond acceptors (Lipinski definition) is 2. The summed E-state index contributed by atoms with van der Waals surface area (Å²) in [6.07, 6.45) is 5.23. The van der Waals surface area contributed by atoms with Crippen LogP contribution in [0.25, 0.3) is 0 Å². The number of benzene rings is 2. The van der Waals surface area contributed by atoms with Crippen LogP contribution in [0.4, 0.5) is 13.2 Å². The van der Waals surface area contributed by atoms with E-state index in [9.17, 15) is 13.2 Å². The van der Waals surface area contributed by atoms with Crippen LogP contribution in [0.2, 0.25) is 15.1 Å². The highest BCUT2D eigenvalue weighted by Crippen LogP contribution is 2.41. The van der Waals surface area contributed by atoms with Crippen molar-refractivity contribution >= 4 is 46.6 Å². The number of imidazole rings is 1. The van der Waals surface area contributed by atoms with Gasteiger partial charge >= 0.3 is 0 Å². The van der Waals surface area contributed by atoms with Crippen molar-refractivity contribution in [2.45, 2.75) is 49.1 Å². The topological polar surface area (TPSA) is 17.8 Å². The Morgan fingerprint density at radius 3 is 2.57 bits per heavy atom. The van der Waals surface area contributed by atoms with Gasteiger partial charge in [0, 0.05) is 34.5 Å². The van der Waals surface area contributed by atoms with Gasteiger partial charge in [0.25, 0.3) is 0 Å². The number of hydrogen-bond donors (Lipinski definition) is 0. The third-order valence-corrected chi connectivity index (χ3v) is 8.30. The summed E-state index contributed by atoms with van der Waals surface area (Å²) in [5.74, 6) is -1.10. The minimum absolute atomic E-state index is 0.122. The van der Waals surface area contributed by atoms with Crippen LogP contribution in [-0.2, 0) is 17.7 Å². The first kappa shape index (κ1) is 26.2. The molecule has 3 aromatic rings. The molecule has 0 saturated heterocycles. The zero-order chi connectivity index (χ0) is 25.2. The second-order valence-electron chi connectivity index (χ2n) is 8.56. The molecule has 9 heteroatoms. The van der Waals surface area contributed by atoms with E-state index >= 15 is 0 Å². The van der Waals surface area contributed by atoms with Gasteiger partial charge in [-0.1, -0.05) is 58.7 Å². The predicted molar refractivity (Wildman–Crippen MR) is 138 cm³/mol. The minimum atomic E-state index is -0.641. The maximum atomic E-state index is 14.4. The van der Waals surface area contributed by atoms with Gasteiger partial charge in [0.05, 0.1) is 16.2 Å². The largest absolute Gasteiger partial charge is 0.318 e. The quantitative estimate of drug-likeness (QED) is 0.297. The summed E-state index contributed by atoms with van der Waals surface area (Å²) in [6, 6.07) is 9.71. The first-order valence-electron chi connectivity index (χ1n) is 11.0. The van der Waals surface area contributed by atoms with Crippen LogP contribution in [-0.4, -0.2) is 9.55 Å². The normalized spacial score (nSPS) is 18.9. The zero-order valence-electron chi connectivity index (χ0n) is 18.8. The molecule has 0 bridgehead atoms. The number of allylic oxidation sites excluding steroid dienone is 4. The third kappa shape index (κ3) is 5.93. The van der Waals surface area contributed by atoms with E-state index in [0.717, 1.165) is 22.9 Å². The summed E-state index contributed by atoms with van der Waals surface area (Å²) in [5.41, 5.74) is 1.91. The van der Waals surface area contributed by atoms with Gasteiger partial charge in [0.15, 0.2) is 5.16 Å². The highest BCUT2D eigenvalue weighted by Gasteiger charge is 2.34. The standard InChI is InChI=1S/C26H22Cl3F3N2S/c1-26(17-5-7-21(27)23(29)11-17)9-2-3-18(30)12-20(32)8-10-34-24(26)14-33-25(34)35-15-16-4-6-19(31)13-22(16)28/h4-8,11-14H,2-3,9-10,15H2,1H3. The van der Waals surface area contributed by atoms with Crippen LogP contribution in [0.3, 0.4) is 0 Å². The van der Waals surface area contributed by atoms with E-state index in [1.807, 2.05) is 23.6 Å². The Morgan fingerprint density at radius 1 is 1.03 bits per heavy atom. The fourth-order valence-electron chi connectivity index (χ4n) is 4.20. The molecule has 184 valence electrons. The molecular formula is C26H22Cl3F3N2S. The van der Waals surface area contributed by atoms with Crippen LogP contribution in [0.1, 0.15) is 43.0 Å². The monoisotopic (exact) mass is 556 g/mol. The first-order chi connectivity index (χ1) is 16.7. The van der Waals surface area contributed by atoms with Crippen molar-refractivity contribution in [1.82, 2.24) is 9.55 Å². The molecule has 1 aliphatic rings. The molecule has 0 N–H and O–H groups in total. The van der Waals surface area contributed by atoms with Gasteiger partial charge in [-0.15, -0.1) is 0 Å². The Balaban J connectivity index is 1.78. The molecule has 1 unspecified atom stereocenters. The van der Waals surface area contributed by atoms with Crippen LogP contribution in [0.5, 0.6) is 0 Å². The number of halogens is 6. The molecule has 1 aromatic heterocycles. The lowest BCUT2D eigenvalue weighted by molar-refractivity contribution is 0.445. The predicted octanol–water partition coefficient (Wildman–Crippen LogP) is 9.47. The Kier molecular flexibility index (Phi) is 8.26. The fourth-order valence-corrected chi connectivity index (χ4v) is 5.81. The van der Waals surface area contributed by atoms with Crippen molar-refractivity contribution in [3.63, 3.8) is 0 Å². The molecule has 0 aliphatic carbocycles. The minimum Gasteiger partial charge on any atom is -0.318 e. The highest BCUT2D eigenvalue weighted by molar-refractivity contribution is 7.98. The van der Waals surface area contributed by atoms with Gasteiger partial charge in [-0.25, -0.2) is 18.2 Å². The van der Waals surface area contributed by atoms with Gasteiger partial charge < -0.3 is 4.57 Å².